The van der Waals surface area contributed by atoms with Crippen molar-refractivity contribution in [2.75, 3.05) is 18.5 Å². The van der Waals surface area contributed by atoms with Crippen LogP contribution in [0.15, 0.2) is 24.3 Å². The summed E-state index contributed by atoms with van der Waals surface area (Å²) in [5, 5.41) is 19.9. The smallest absolute Gasteiger partial charge is 0.253 e. The van der Waals surface area contributed by atoms with Gasteiger partial charge in [0.15, 0.2) is 0 Å². The summed E-state index contributed by atoms with van der Waals surface area (Å²) >= 11 is 0. The number of ether oxygens (including phenoxy) is 1. The number of amides is 1. The molecule has 0 saturated heterocycles. The van der Waals surface area contributed by atoms with Crippen LogP contribution in [0.5, 0.6) is 0 Å². The number of aliphatic hydroxyl groups is 1. The van der Waals surface area contributed by atoms with E-state index in [0.29, 0.717) is 11.3 Å². The lowest BCUT2D eigenvalue weighted by Crippen LogP contribution is -2.28. The predicted molar refractivity (Wildman–Crippen MR) is 62.3 cm³/mol. The van der Waals surface area contributed by atoms with Crippen LogP contribution < -0.4 is 5.32 Å². The number of nitriles is 1. The maximum absolute atomic E-state index is 11.6. The minimum absolute atomic E-state index is 0.118. The molecule has 0 radical (unpaired) electrons. The highest BCUT2D eigenvalue weighted by Gasteiger charge is 2.13. The lowest BCUT2D eigenvalue weighted by atomic mass is 10.2. The Morgan fingerprint density at radius 1 is 1.65 bits per heavy atom. The molecule has 1 atom stereocenters. The van der Waals surface area contributed by atoms with Crippen molar-refractivity contribution in [1.82, 2.24) is 0 Å². The fourth-order valence-corrected chi connectivity index (χ4v) is 1.22. The van der Waals surface area contributed by atoms with Gasteiger partial charge in [0.25, 0.3) is 5.91 Å². The Bertz CT molecular complexity index is 426. The van der Waals surface area contributed by atoms with Crippen LogP contribution in [0.25, 0.3) is 0 Å². The highest BCUT2D eigenvalue weighted by Crippen LogP contribution is 2.10. The zero-order valence-electron chi connectivity index (χ0n) is 9.51. The van der Waals surface area contributed by atoms with Crippen molar-refractivity contribution >= 4 is 11.6 Å². The molecular weight excluding hydrogens is 220 g/mol. The molecule has 0 aliphatic rings. The topological polar surface area (TPSA) is 82.3 Å². The van der Waals surface area contributed by atoms with Gasteiger partial charge in [0.2, 0.25) is 0 Å². The van der Waals surface area contributed by atoms with Crippen LogP contribution in [-0.2, 0) is 9.53 Å². The van der Waals surface area contributed by atoms with Gasteiger partial charge in [-0.15, -0.1) is 0 Å². The predicted octanol–water partition coefficient (Wildman–Crippen LogP) is 0.894. The Balaban J connectivity index is 2.58. The van der Waals surface area contributed by atoms with Gasteiger partial charge in [0, 0.05) is 5.69 Å². The minimum atomic E-state index is -0.645. The van der Waals surface area contributed by atoms with Crippen LogP contribution in [0.3, 0.4) is 0 Å². The summed E-state index contributed by atoms with van der Waals surface area (Å²) in [5.41, 5.74) is 1.03. The molecule has 5 nitrogen and oxygen atoms in total. The van der Waals surface area contributed by atoms with Crippen molar-refractivity contribution in [3.63, 3.8) is 0 Å². The molecule has 5 heteroatoms. The molecule has 1 unspecified atom stereocenters. The SMILES string of the molecule is CC(OCCO)C(=O)Nc1cccc(C#N)c1. The molecule has 0 heterocycles. The first-order valence-electron chi connectivity index (χ1n) is 5.21. The zero-order chi connectivity index (χ0) is 12.7. The van der Waals surface area contributed by atoms with E-state index in [9.17, 15) is 4.79 Å². The number of carbonyl (C=O) groups is 1. The van der Waals surface area contributed by atoms with Gasteiger partial charge in [0.1, 0.15) is 6.10 Å². The monoisotopic (exact) mass is 234 g/mol. The van der Waals surface area contributed by atoms with Crippen LogP contribution in [0, 0.1) is 11.3 Å². The Morgan fingerprint density at radius 3 is 3.06 bits per heavy atom. The number of rotatable bonds is 5. The molecule has 0 spiro atoms. The second-order valence-electron chi connectivity index (χ2n) is 3.42. The van der Waals surface area contributed by atoms with Gasteiger partial charge < -0.3 is 15.2 Å². The Labute approximate surface area is 99.6 Å². The van der Waals surface area contributed by atoms with E-state index in [1.165, 1.54) is 0 Å². The van der Waals surface area contributed by atoms with Crippen molar-refractivity contribution in [3.8, 4) is 6.07 Å². The summed E-state index contributed by atoms with van der Waals surface area (Å²) in [6.07, 6.45) is -0.645. The minimum Gasteiger partial charge on any atom is -0.394 e. The van der Waals surface area contributed by atoms with Crippen LogP contribution in [0.4, 0.5) is 5.69 Å². The van der Waals surface area contributed by atoms with Crippen molar-refractivity contribution < 1.29 is 14.6 Å². The molecular formula is C12H14N2O3. The summed E-state index contributed by atoms with van der Waals surface area (Å²) in [6, 6.07) is 8.60. The van der Waals surface area contributed by atoms with E-state index >= 15 is 0 Å². The van der Waals surface area contributed by atoms with E-state index in [1.807, 2.05) is 6.07 Å². The number of hydrogen-bond donors (Lipinski definition) is 2. The van der Waals surface area contributed by atoms with Crippen molar-refractivity contribution in [2.24, 2.45) is 0 Å². The van der Waals surface area contributed by atoms with E-state index < -0.39 is 6.10 Å². The molecule has 90 valence electrons. The first kappa shape index (κ1) is 13.2. The number of anilines is 1. The maximum atomic E-state index is 11.6. The number of nitrogens with zero attached hydrogens (tertiary/aromatic N) is 1. The maximum Gasteiger partial charge on any atom is 0.253 e. The van der Waals surface area contributed by atoms with E-state index in [4.69, 9.17) is 15.1 Å². The summed E-state index contributed by atoms with van der Waals surface area (Å²) in [4.78, 5) is 11.6. The highest BCUT2D eigenvalue weighted by atomic mass is 16.5. The molecule has 0 aliphatic carbocycles. The zero-order valence-corrected chi connectivity index (χ0v) is 9.51. The first-order valence-corrected chi connectivity index (χ1v) is 5.21. The normalized spacial score (nSPS) is 11.6. The summed E-state index contributed by atoms with van der Waals surface area (Å²) in [7, 11) is 0. The third kappa shape index (κ3) is 4.23. The van der Waals surface area contributed by atoms with E-state index in [2.05, 4.69) is 5.32 Å². The molecule has 0 bridgehead atoms. The molecule has 1 rings (SSSR count). The van der Waals surface area contributed by atoms with Gasteiger partial charge in [-0.3, -0.25) is 4.79 Å². The average molecular weight is 234 g/mol. The second-order valence-corrected chi connectivity index (χ2v) is 3.42. The molecule has 0 aromatic heterocycles. The van der Waals surface area contributed by atoms with Crippen molar-refractivity contribution in [3.05, 3.63) is 29.8 Å². The van der Waals surface area contributed by atoms with Gasteiger partial charge in [-0.2, -0.15) is 5.26 Å². The van der Waals surface area contributed by atoms with Crippen LogP contribution in [-0.4, -0.2) is 30.3 Å². The molecule has 1 amide bonds. The molecule has 2 N–H and O–H groups in total. The number of carbonyl (C=O) groups excluding carboxylic acids is 1. The lowest BCUT2D eigenvalue weighted by Gasteiger charge is -2.12. The third-order valence-corrected chi connectivity index (χ3v) is 2.09. The van der Waals surface area contributed by atoms with Crippen molar-refractivity contribution in [2.45, 2.75) is 13.0 Å². The summed E-state index contributed by atoms with van der Waals surface area (Å²) in [6.45, 7) is 1.59. The summed E-state index contributed by atoms with van der Waals surface area (Å²) < 4.78 is 5.05. The van der Waals surface area contributed by atoms with E-state index in [1.54, 1.807) is 31.2 Å². The Morgan fingerprint density at radius 2 is 2.41 bits per heavy atom. The summed E-state index contributed by atoms with van der Waals surface area (Å²) in [5.74, 6) is -0.312. The fourth-order valence-electron chi connectivity index (χ4n) is 1.22. The second kappa shape index (κ2) is 6.63. The molecule has 0 saturated carbocycles. The van der Waals surface area contributed by atoms with Gasteiger partial charge in [-0.25, -0.2) is 0 Å². The molecule has 1 aromatic rings. The van der Waals surface area contributed by atoms with Gasteiger partial charge >= 0.3 is 0 Å². The van der Waals surface area contributed by atoms with Gasteiger partial charge in [-0.05, 0) is 25.1 Å². The van der Waals surface area contributed by atoms with Crippen LogP contribution in [0.2, 0.25) is 0 Å². The number of nitrogens with one attached hydrogen (secondary N) is 1. The molecule has 1 aromatic carbocycles. The lowest BCUT2D eigenvalue weighted by molar-refractivity contribution is -0.126. The largest absolute Gasteiger partial charge is 0.394 e. The standard InChI is InChI=1S/C12H14N2O3/c1-9(17-6-5-15)12(16)14-11-4-2-3-10(7-11)8-13/h2-4,7,9,15H,5-6H2,1H3,(H,14,16). The first-order chi connectivity index (χ1) is 8.17. The molecule has 0 aliphatic heterocycles. The number of benzene rings is 1. The average Bonchev–Trinajstić information content (AvgIpc) is 2.36. The van der Waals surface area contributed by atoms with E-state index in [0.717, 1.165) is 0 Å². The van der Waals surface area contributed by atoms with Crippen LogP contribution in [0.1, 0.15) is 12.5 Å². The Hall–Kier alpha value is -1.90. The number of aliphatic hydroxyl groups excluding tert-OH is 1. The number of hydrogen-bond acceptors (Lipinski definition) is 4. The highest BCUT2D eigenvalue weighted by molar-refractivity contribution is 5.94. The van der Waals surface area contributed by atoms with Gasteiger partial charge in [-0.1, -0.05) is 6.07 Å². The quantitative estimate of drug-likeness (QED) is 0.792. The fraction of sp³-hybridized carbons (Fsp3) is 0.333. The Kier molecular flexibility index (Phi) is 5.14. The van der Waals surface area contributed by atoms with Gasteiger partial charge in [0.05, 0.1) is 24.8 Å². The van der Waals surface area contributed by atoms with E-state index in [-0.39, 0.29) is 19.1 Å². The van der Waals surface area contributed by atoms with Crippen molar-refractivity contribution in [1.29, 1.82) is 5.26 Å². The van der Waals surface area contributed by atoms with Crippen LogP contribution >= 0.6 is 0 Å². The third-order valence-electron chi connectivity index (χ3n) is 2.09. The molecule has 17 heavy (non-hydrogen) atoms. The molecule has 0 fully saturated rings.